The minimum atomic E-state index is -0.102. The van der Waals surface area contributed by atoms with Crippen LogP contribution in [0.5, 0.6) is 0 Å². The van der Waals surface area contributed by atoms with Crippen LogP contribution in [0.2, 0.25) is 0 Å². The molecule has 1 aromatic rings. The van der Waals surface area contributed by atoms with E-state index in [0.29, 0.717) is 5.57 Å². The summed E-state index contributed by atoms with van der Waals surface area (Å²) in [6.07, 6.45) is 0. The van der Waals surface area contributed by atoms with Crippen molar-refractivity contribution in [2.45, 2.75) is 34.6 Å². The van der Waals surface area contributed by atoms with Crippen molar-refractivity contribution in [3.05, 3.63) is 40.1 Å². The minimum Gasteiger partial charge on any atom is -0.512 e. The molecule has 16 heavy (non-hydrogen) atoms. The van der Waals surface area contributed by atoms with Crippen LogP contribution < -0.4 is 0 Å². The molecule has 0 heterocycles. The van der Waals surface area contributed by atoms with E-state index in [0.717, 1.165) is 22.3 Å². The van der Waals surface area contributed by atoms with Crippen molar-refractivity contribution in [3.8, 4) is 0 Å². The molecular formula is C14H18O2. The molecule has 0 atom stereocenters. The van der Waals surface area contributed by atoms with Crippen LogP contribution in [0.4, 0.5) is 0 Å². The number of aliphatic hydroxyl groups is 1. The first-order valence-corrected chi connectivity index (χ1v) is 5.33. The third-order valence-electron chi connectivity index (χ3n) is 2.64. The molecule has 0 spiro atoms. The van der Waals surface area contributed by atoms with Crippen molar-refractivity contribution >= 4 is 11.4 Å². The van der Waals surface area contributed by atoms with Gasteiger partial charge in [-0.2, -0.15) is 0 Å². The Morgan fingerprint density at radius 3 is 1.81 bits per heavy atom. The first-order chi connectivity index (χ1) is 7.34. The molecule has 0 radical (unpaired) electrons. The molecule has 2 heteroatoms. The maximum atomic E-state index is 11.6. The van der Waals surface area contributed by atoms with Crippen molar-refractivity contribution in [2.24, 2.45) is 0 Å². The molecule has 0 aliphatic carbocycles. The first-order valence-electron chi connectivity index (χ1n) is 5.33. The van der Waals surface area contributed by atoms with Crippen molar-refractivity contribution in [1.29, 1.82) is 0 Å². The van der Waals surface area contributed by atoms with Crippen LogP contribution in [0.25, 0.3) is 5.57 Å². The van der Waals surface area contributed by atoms with Gasteiger partial charge >= 0.3 is 0 Å². The molecule has 0 saturated carbocycles. The number of hydrogen-bond donors (Lipinski definition) is 1. The van der Waals surface area contributed by atoms with Crippen LogP contribution in [0.15, 0.2) is 17.9 Å². The summed E-state index contributed by atoms with van der Waals surface area (Å²) < 4.78 is 0. The summed E-state index contributed by atoms with van der Waals surface area (Å²) in [6.45, 7) is 8.97. The van der Waals surface area contributed by atoms with Gasteiger partial charge < -0.3 is 5.11 Å². The number of carbonyl (C=O) groups is 1. The van der Waals surface area contributed by atoms with Gasteiger partial charge in [0.15, 0.2) is 5.78 Å². The summed E-state index contributed by atoms with van der Waals surface area (Å²) in [7, 11) is 0. The van der Waals surface area contributed by atoms with Crippen LogP contribution in [-0.4, -0.2) is 10.9 Å². The first kappa shape index (κ1) is 12.5. The highest BCUT2D eigenvalue weighted by atomic mass is 16.3. The molecule has 0 amide bonds. The third kappa shape index (κ3) is 2.32. The lowest BCUT2D eigenvalue weighted by atomic mass is 9.91. The predicted octanol–water partition coefficient (Wildman–Crippen LogP) is 3.49. The number of carbonyl (C=O) groups excluding carboxylic acids is 1. The topological polar surface area (TPSA) is 37.3 Å². The van der Waals surface area contributed by atoms with Crippen LogP contribution in [0, 0.1) is 20.8 Å². The zero-order chi connectivity index (χ0) is 12.5. The van der Waals surface area contributed by atoms with Crippen molar-refractivity contribution in [2.75, 3.05) is 0 Å². The molecule has 0 bridgehead atoms. The number of allylic oxidation sites excluding steroid dienone is 2. The van der Waals surface area contributed by atoms with Gasteiger partial charge in [-0.15, -0.1) is 0 Å². The molecule has 0 saturated heterocycles. The highest BCUT2D eigenvalue weighted by Gasteiger charge is 2.16. The second-order valence-electron chi connectivity index (χ2n) is 4.29. The van der Waals surface area contributed by atoms with Gasteiger partial charge in [0.05, 0.1) is 5.57 Å². The van der Waals surface area contributed by atoms with Gasteiger partial charge in [0.25, 0.3) is 0 Å². The van der Waals surface area contributed by atoms with E-state index in [1.165, 1.54) is 6.92 Å². The van der Waals surface area contributed by atoms with Gasteiger partial charge in [0.2, 0.25) is 0 Å². The van der Waals surface area contributed by atoms with Crippen LogP contribution in [-0.2, 0) is 4.79 Å². The number of aryl methyl sites for hydroxylation is 3. The van der Waals surface area contributed by atoms with Crippen molar-refractivity contribution in [3.63, 3.8) is 0 Å². The van der Waals surface area contributed by atoms with E-state index in [9.17, 15) is 9.90 Å². The Bertz CT molecular complexity index is 441. The highest BCUT2D eigenvalue weighted by Crippen LogP contribution is 2.27. The van der Waals surface area contributed by atoms with Crippen LogP contribution >= 0.6 is 0 Å². The van der Waals surface area contributed by atoms with Crippen molar-refractivity contribution in [1.82, 2.24) is 0 Å². The predicted molar refractivity (Wildman–Crippen MR) is 66.6 cm³/mol. The van der Waals surface area contributed by atoms with Crippen LogP contribution in [0.3, 0.4) is 0 Å². The maximum Gasteiger partial charge on any atom is 0.163 e. The van der Waals surface area contributed by atoms with Gasteiger partial charge in [-0.1, -0.05) is 17.7 Å². The second-order valence-corrected chi connectivity index (χ2v) is 4.29. The number of hydrogen-bond acceptors (Lipinski definition) is 2. The number of aliphatic hydroxyl groups excluding tert-OH is 1. The SMILES string of the molecule is CC(=O)/C(=C(\C)O)c1c(C)cc(C)cc1C. The van der Waals surface area contributed by atoms with E-state index in [-0.39, 0.29) is 11.5 Å². The van der Waals surface area contributed by atoms with E-state index >= 15 is 0 Å². The lowest BCUT2D eigenvalue weighted by molar-refractivity contribution is -0.111. The van der Waals surface area contributed by atoms with Gasteiger partial charge in [0.1, 0.15) is 5.76 Å². The Morgan fingerprint density at radius 1 is 1.06 bits per heavy atom. The summed E-state index contributed by atoms with van der Waals surface area (Å²) in [5.74, 6) is -0.0161. The summed E-state index contributed by atoms with van der Waals surface area (Å²) in [6, 6.07) is 4.04. The largest absolute Gasteiger partial charge is 0.512 e. The van der Waals surface area contributed by atoms with Crippen molar-refractivity contribution < 1.29 is 9.90 Å². The van der Waals surface area contributed by atoms with Gasteiger partial charge in [-0.25, -0.2) is 0 Å². The van der Waals surface area contributed by atoms with E-state index in [1.807, 2.05) is 32.9 Å². The molecular weight excluding hydrogens is 200 g/mol. The maximum absolute atomic E-state index is 11.6. The summed E-state index contributed by atoms with van der Waals surface area (Å²) in [5, 5.41) is 9.61. The lowest BCUT2D eigenvalue weighted by Gasteiger charge is -2.13. The molecule has 1 aromatic carbocycles. The highest BCUT2D eigenvalue weighted by molar-refractivity contribution is 6.20. The number of Topliss-reactive ketones (excluding diaryl/α,β-unsaturated/α-hetero) is 1. The molecule has 1 rings (SSSR count). The normalized spacial score (nSPS) is 12.3. The van der Waals surface area contributed by atoms with Gasteiger partial charge in [0, 0.05) is 0 Å². The summed E-state index contributed by atoms with van der Waals surface area (Å²) >= 11 is 0. The zero-order valence-corrected chi connectivity index (χ0v) is 10.5. The van der Waals surface area contributed by atoms with Gasteiger partial charge in [-0.3, -0.25) is 4.79 Å². The summed E-state index contributed by atoms with van der Waals surface area (Å²) in [4.78, 5) is 11.6. The Morgan fingerprint density at radius 2 is 1.50 bits per heavy atom. The monoisotopic (exact) mass is 218 g/mol. The molecule has 0 unspecified atom stereocenters. The zero-order valence-electron chi connectivity index (χ0n) is 10.5. The number of ketones is 1. The Labute approximate surface area is 96.6 Å². The molecule has 0 fully saturated rings. The number of benzene rings is 1. The third-order valence-corrected chi connectivity index (χ3v) is 2.64. The lowest BCUT2D eigenvalue weighted by Crippen LogP contribution is -2.04. The average Bonchev–Trinajstić information content (AvgIpc) is 2.09. The number of rotatable bonds is 2. The molecule has 1 N–H and O–H groups in total. The van der Waals surface area contributed by atoms with E-state index in [4.69, 9.17) is 0 Å². The van der Waals surface area contributed by atoms with E-state index in [1.54, 1.807) is 6.92 Å². The molecule has 86 valence electrons. The van der Waals surface area contributed by atoms with E-state index < -0.39 is 0 Å². The quantitative estimate of drug-likeness (QED) is 0.609. The van der Waals surface area contributed by atoms with Crippen LogP contribution in [0.1, 0.15) is 36.1 Å². The fourth-order valence-corrected chi connectivity index (χ4v) is 2.19. The molecule has 0 aliphatic heterocycles. The fourth-order valence-electron chi connectivity index (χ4n) is 2.19. The minimum absolute atomic E-state index is 0.0857. The summed E-state index contributed by atoms with van der Waals surface area (Å²) in [5.41, 5.74) is 4.50. The fraction of sp³-hybridized carbons (Fsp3) is 0.357. The smallest absolute Gasteiger partial charge is 0.163 e. The molecule has 0 aromatic heterocycles. The Hall–Kier alpha value is -1.57. The Balaban J connectivity index is 3.55. The van der Waals surface area contributed by atoms with E-state index in [2.05, 4.69) is 0 Å². The van der Waals surface area contributed by atoms with Gasteiger partial charge in [-0.05, 0) is 51.3 Å². The second kappa shape index (κ2) is 4.52. The molecule has 2 nitrogen and oxygen atoms in total. The standard InChI is InChI=1S/C14H18O2/c1-8-6-9(2)13(10(3)7-8)14(11(4)15)12(5)16/h6-7,15H,1-5H3/b14-11-. The Kier molecular flexibility index (Phi) is 3.53. The molecule has 0 aliphatic rings. The average molecular weight is 218 g/mol.